The SMILES string of the molecule is CC(=O)Nc1cc(C(=O)Cn2nnc(-c3ccc(Cl)cc3)n2)ccc1O. The van der Waals surface area contributed by atoms with Gasteiger partial charge in [0.2, 0.25) is 11.7 Å². The molecular formula is C17H14ClN5O3. The first-order chi connectivity index (χ1) is 12.4. The van der Waals surface area contributed by atoms with Crippen LogP contribution in [0.25, 0.3) is 11.4 Å². The molecular weight excluding hydrogens is 358 g/mol. The monoisotopic (exact) mass is 371 g/mol. The molecule has 1 aromatic heterocycles. The van der Waals surface area contributed by atoms with Gasteiger partial charge in [0, 0.05) is 23.1 Å². The highest BCUT2D eigenvalue weighted by atomic mass is 35.5. The average Bonchev–Trinajstić information content (AvgIpc) is 3.05. The van der Waals surface area contributed by atoms with Crippen molar-refractivity contribution in [2.75, 3.05) is 5.32 Å². The number of tetrazole rings is 1. The Balaban J connectivity index is 1.76. The van der Waals surface area contributed by atoms with Crippen LogP contribution in [-0.2, 0) is 11.3 Å². The number of nitrogens with one attached hydrogen (secondary N) is 1. The minimum Gasteiger partial charge on any atom is -0.506 e. The number of anilines is 1. The summed E-state index contributed by atoms with van der Waals surface area (Å²) in [5.41, 5.74) is 1.19. The van der Waals surface area contributed by atoms with Crippen molar-refractivity contribution in [2.45, 2.75) is 13.5 Å². The third kappa shape index (κ3) is 4.04. The molecule has 132 valence electrons. The molecule has 0 fully saturated rings. The maximum Gasteiger partial charge on any atom is 0.221 e. The molecule has 9 heteroatoms. The summed E-state index contributed by atoms with van der Waals surface area (Å²) in [6, 6.07) is 11.1. The summed E-state index contributed by atoms with van der Waals surface area (Å²) in [6.45, 7) is 1.18. The lowest BCUT2D eigenvalue weighted by Gasteiger charge is -2.07. The third-order valence-corrected chi connectivity index (χ3v) is 3.72. The number of nitrogens with zero attached hydrogens (tertiary/aromatic N) is 4. The fourth-order valence-electron chi connectivity index (χ4n) is 2.24. The molecule has 0 bridgehead atoms. The topological polar surface area (TPSA) is 110 Å². The van der Waals surface area contributed by atoms with Crippen LogP contribution in [0.3, 0.4) is 0 Å². The number of carbonyl (C=O) groups is 2. The fourth-order valence-corrected chi connectivity index (χ4v) is 2.37. The smallest absolute Gasteiger partial charge is 0.221 e. The number of ketones is 1. The van der Waals surface area contributed by atoms with Crippen LogP contribution in [0.2, 0.25) is 5.02 Å². The van der Waals surface area contributed by atoms with E-state index in [2.05, 4.69) is 20.7 Å². The van der Waals surface area contributed by atoms with E-state index in [1.165, 1.54) is 29.9 Å². The lowest BCUT2D eigenvalue weighted by atomic mass is 10.1. The Kier molecular flexibility index (Phi) is 4.94. The highest BCUT2D eigenvalue weighted by Crippen LogP contribution is 2.24. The second-order valence-electron chi connectivity index (χ2n) is 5.49. The molecule has 2 N–H and O–H groups in total. The van der Waals surface area contributed by atoms with Gasteiger partial charge >= 0.3 is 0 Å². The van der Waals surface area contributed by atoms with Crippen molar-refractivity contribution in [1.29, 1.82) is 0 Å². The van der Waals surface area contributed by atoms with E-state index in [9.17, 15) is 14.7 Å². The first-order valence-corrected chi connectivity index (χ1v) is 7.98. The van der Waals surface area contributed by atoms with Gasteiger partial charge in [-0.1, -0.05) is 11.6 Å². The number of benzene rings is 2. The van der Waals surface area contributed by atoms with E-state index in [0.29, 0.717) is 16.4 Å². The van der Waals surface area contributed by atoms with Gasteiger partial charge in [-0.2, -0.15) is 4.80 Å². The number of phenolic OH excluding ortho intramolecular Hbond substituents is 1. The Hall–Kier alpha value is -3.26. The number of halogens is 1. The van der Waals surface area contributed by atoms with E-state index in [0.717, 1.165) is 5.56 Å². The molecule has 3 rings (SSSR count). The van der Waals surface area contributed by atoms with Crippen molar-refractivity contribution in [1.82, 2.24) is 20.2 Å². The van der Waals surface area contributed by atoms with Gasteiger partial charge in [-0.3, -0.25) is 9.59 Å². The number of phenols is 1. The summed E-state index contributed by atoms with van der Waals surface area (Å²) in [5.74, 6) is -0.396. The first-order valence-electron chi connectivity index (χ1n) is 7.60. The Bertz CT molecular complexity index is 969. The predicted molar refractivity (Wildman–Crippen MR) is 95.0 cm³/mol. The van der Waals surface area contributed by atoms with Gasteiger partial charge in [0.1, 0.15) is 12.3 Å². The summed E-state index contributed by atoms with van der Waals surface area (Å²) >= 11 is 5.85. The van der Waals surface area contributed by atoms with Crippen molar-refractivity contribution in [3.05, 3.63) is 53.1 Å². The molecule has 3 aromatic rings. The van der Waals surface area contributed by atoms with E-state index in [4.69, 9.17) is 11.6 Å². The van der Waals surface area contributed by atoms with Crippen LogP contribution in [0.5, 0.6) is 5.75 Å². The molecule has 8 nitrogen and oxygen atoms in total. The number of Topliss-reactive ketones (excluding diaryl/α,β-unsaturated/α-hetero) is 1. The zero-order valence-electron chi connectivity index (χ0n) is 13.7. The number of aromatic nitrogens is 4. The Morgan fingerprint density at radius 3 is 2.62 bits per heavy atom. The summed E-state index contributed by atoms with van der Waals surface area (Å²) in [7, 11) is 0. The summed E-state index contributed by atoms with van der Waals surface area (Å²) in [6.07, 6.45) is 0. The van der Waals surface area contributed by atoms with Gasteiger partial charge in [0.05, 0.1) is 5.69 Å². The quantitative estimate of drug-likeness (QED) is 0.526. The molecule has 0 aliphatic heterocycles. The Morgan fingerprint density at radius 1 is 1.19 bits per heavy atom. The lowest BCUT2D eigenvalue weighted by Crippen LogP contribution is -2.14. The van der Waals surface area contributed by atoms with Gasteiger partial charge in [-0.05, 0) is 47.7 Å². The van der Waals surface area contributed by atoms with Crippen molar-refractivity contribution in [3.8, 4) is 17.1 Å². The second kappa shape index (κ2) is 7.32. The maximum absolute atomic E-state index is 12.4. The number of rotatable bonds is 5. The highest BCUT2D eigenvalue weighted by Gasteiger charge is 2.13. The van der Waals surface area contributed by atoms with Gasteiger partial charge in [0.25, 0.3) is 0 Å². The molecule has 0 unspecified atom stereocenters. The van der Waals surface area contributed by atoms with E-state index in [1.807, 2.05) is 0 Å². The van der Waals surface area contributed by atoms with Crippen LogP contribution in [0.4, 0.5) is 5.69 Å². The van der Waals surface area contributed by atoms with E-state index in [-0.39, 0.29) is 29.7 Å². The molecule has 1 heterocycles. The molecule has 26 heavy (non-hydrogen) atoms. The second-order valence-corrected chi connectivity index (χ2v) is 5.92. The van der Waals surface area contributed by atoms with E-state index >= 15 is 0 Å². The van der Waals surface area contributed by atoms with Crippen molar-refractivity contribution in [2.24, 2.45) is 0 Å². The lowest BCUT2D eigenvalue weighted by molar-refractivity contribution is -0.114. The van der Waals surface area contributed by atoms with Gasteiger partial charge in [-0.15, -0.1) is 10.2 Å². The number of hydrogen-bond donors (Lipinski definition) is 2. The molecule has 0 radical (unpaired) electrons. The Labute approximate surface area is 153 Å². The van der Waals surface area contributed by atoms with Gasteiger partial charge < -0.3 is 10.4 Å². The third-order valence-electron chi connectivity index (χ3n) is 3.47. The zero-order chi connectivity index (χ0) is 18.7. The van der Waals surface area contributed by atoms with Crippen molar-refractivity contribution < 1.29 is 14.7 Å². The number of aromatic hydroxyl groups is 1. The largest absolute Gasteiger partial charge is 0.506 e. The highest BCUT2D eigenvalue weighted by molar-refractivity contribution is 6.30. The fraction of sp³-hybridized carbons (Fsp3) is 0.118. The van der Waals surface area contributed by atoms with Crippen LogP contribution >= 0.6 is 11.6 Å². The van der Waals surface area contributed by atoms with Gasteiger partial charge in [-0.25, -0.2) is 0 Å². The number of hydrogen-bond acceptors (Lipinski definition) is 6. The van der Waals surface area contributed by atoms with Crippen molar-refractivity contribution in [3.63, 3.8) is 0 Å². The molecule has 0 aliphatic rings. The van der Waals surface area contributed by atoms with E-state index < -0.39 is 0 Å². The minimum absolute atomic E-state index is 0.124. The van der Waals surface area contributed by atoms with Crippen LogP contribution in [0.1, 0.15) is 17.3 Å². The molecule has 0 aliphatic carbocycles. The van der Waals surface area contributed by atoms with Crippen LogP contribution in [-0.4, -0.2) is 37.0 Å². The summed E-state index contributed by atoms with van der Waals surface area (Å²) < 4.78 is 0. The normalized spacial score (nSPS) is 10.5. The molecule has 0 spiro atoms. The van der Waals surface area contributed by atoms with E-state index in [1.54, 1.807) is 24.3 Å². The predicted octanol–water partition coefficient (Wildman–Crippen LogP) is 2.54. The summed E-state index contributed by atoms with van der Waals surface area (Å²) in [5, 5.41) is 24.8. The standard InChI is InChI=1S/C17H14ClN5O3/c1-10(24)19-14-8-12(4-7-15(14)25)16(26)9-23-21-17(20-22-23)11-2-5-13(18)6-3-11/h2-8,25H,9H2,1H3,(H,19,24). The Morgan fingerprint density at radius 2 is 1.92 bits per heavy atom. The zero-order valence-corrected chi connectivity index (χ0v) is 14.4. The molecule has 1 amide bonds. The van der Waals surface area contributed by atoms with Gasteiger partial charge in [0.15, 0.2) is 5.78 Å². The first kappa shape index (κ1) is 17.6. The number of amides is 1. The van der Waals surface area contributed by atoms with Crippen molar-refractivity contribution >= 4 is 29.0 Å². The van der Waals surface area contributed by atoms with Crippen LogP contribution < -0.4 is 5.32 Å². The minimum atomic E-state index is -0.351. The molecule has 2 aromatic carbocycles. The molecule has 0 saturated carbocycles. The van der Waals surface area contributed by atoms with Crippen LogP contribution in [0.15, 0.2) is 42.5 Å². The van der Waals surface area contributed by atoms with Crippen LogP contribution in [0, 0.1) is 0 Å². The summed E-state index contributed by atoms with van der Waals surface area (Å²) in [4.78, 5) is 24.7. The molecule has 0 atom stereocenters. The number of carbonyl (C=O) groups excluding carboxylic acids is 2. The average molecular weight is 372 g/mol. The maximum atomic E-state index is 12.4. The molecule has 0 saturated heterocycles.